The van der Waals surface area contributed by atoms with E-state index in [1.807, 2.05) is 19.1 Å². The molecule has 0 unspecified atom stereocenters. The maximum atomic E-state index is 5.30. The van der Waals surface area contributed by atoms with Gasteiger partial charge >= 0.3 is 0 Å². The van der Waals surface area contributed by atoms with Crippen LogP contribution in [0.25, 0.3) is 0 Å². The van der Waals surface area contributed by atoms with Crippen molar-refractivity contribution < 1.29 is 14.2 Å². The monoisotopic (exact) mass is 298 g/mol. The molecule has 0 aliphatic heterocycles. The Kier molecular flexibility index (Phi) is 7.75. The highest BCUT2D eigenvalue weighted by atomic mass is 32.1. The molecule has 0 aliphatic carbocycles. The number of benzene rings is 1. The van der Waals surface area contributed by atoms with Crippen molar-refractivity contribution in [3.05, 3.63) is 18.2 Å². The van der Waals surface area contributed by atoms with E-state index in [2.05, 4.69) is 10.6 Å². The van der Waals surface area contributed by atoms with Gasteiger partial charge in [-0.25, -0.2) is 0 Å². The first-order chi connectivity index (χ1) is 9.71. The van der Waals surface area contributed by atoms with E-state index in [9.17, 15) is 0 Å². The molecule has 0 heterocycles. The van der Waals surface area contributed by atoms with Crippen molar-refractivity contribution in [3.8, 4) is 11.5 Å². The zero-order chi connectivity index (χ0) is 14.8. The van der Waals surface area contributed by atoms with Gasteiger partial charge < -0.3 is 24.8 Å². The lowest BCUT2D eigenvalue weighted by molar-refractivity contribution is 0.146. The van der Waals surface area contributed by atoms with Crippen molar-refractivity contribution in [1.29, 1.82) is 0 Å². The van der Waals surface area contributed by atoms with Gasteiger partial charge in [-0.3, -0.25) is 0 Å². The summed E-state index contributed by atoms with van der Waals surface area (Å²) in [7, 11) is 3.23. The summed E-state index contributed by atoms with van der Waals surface area (Å²) in [5.41, 5.74) is 0.801. The summed E-state index contributed by atoms with van der Waals surface area (Å²) in [5.74, 6) is 1.42. The van der Waals surface area contributed by atoms with E-state index in [-0.39, 0.29) is 0 Å². The molecule has 1 rings (SSSR count). The molecule has 0 radical (unpaired) electrons. The number of hydrogen-bond acceptors (Lipinski definition) is 4. The first-order valence-electron chi connectivity index (χ1n) is 6.55. The van der Waals surface area contributed by atoms with Crippen molar-refractivity contribution in [1.82, 2.24) is 5.32 Å². The van der Waals surface area contributed by atoms with Gasteiger partial charge in [-0.2, -0.15) is 0 Å². The molecular formula is C14H22N2O3S. The van der Waals surface area contributed by atoms with Gasteiger partial charge in [-0.15, -0.1) is 0 Å². The SMILES string of the molecule is CCOCCCNC(=S)Nc1ccc(OC)cc1OC. The van der Waals surface area contributed by atoms with Gasteiger partial charge in [-0.1, -0.05) is 0 Å². The Hall–Kier alpha value is -1.53. The Balaban J connectivity index is 2.45. The number of rotatable bonds is 8. The maximum absolute atomic E-state index is 5.30. The molecule has 0 saturated heterocycles. The quantitative estimate of drug-likeness (QED) is 0.568. The summed E-state index contributed by atoms with van der Waals surface area (Å²) >= 11 is 5.23. The highest BCUT2D eigenvalue weighted by Gasteiger charge is 2.06. The Morgan fingerprint density at radius 2 is 2.05 bits per heavy atom. The molecule has 112 valence electrons. The second-order valence-corrected chi connectivity index (χ2v) is 4.41. The number of ether oxygens (including phenoxy) is 3. The average Bonchev–Trinajstić information content (AvgIpc) is 2.47. The molecule has 0 aromatic heterocycles. The highest BCUT2D eigenvalue weighted by molar-refractivity contribution is 7.80. The zero-order valence-electron chi connectivity index (χ0n) is 12.2. The molecule has 0 fully saturated rings. The fraction of sp³-hybridized carbons (Fsp3) is 0.500. The lowest BCUT2D eigenvalue weighted by atomic mass is 10.2. The summed E-state index contributed by atoms with van der Waals surface area (Å²) in [6.45, 7) is 4.23. The maximum Gasteiger partial charge on any atom is 0.170 e. The van der Waals surface area contributed by atoms with Crippen LogP contribution in [0.2, 0.25) is 0 Å². The minimum absolute atomic E-state index is 0.560. The lowest BCUT2D eigenvalue weighted by Crippen LogP contribution is -2.30. The average molecular weight is 298 g/mol. The molecule has 1 aromatic rings. The van der Waals surface area contributed by atoms with Crippen LogP contribution < -0.4 is 20.1 Å². The van der Waals surface area contributed by atoms with Crippen molar-refractivity contribution in [2.24, 2.45) is 0 Å². The van der Waals surface area contributed by atoms with Crippen LogP contribution in [0.1, 0.15) is 13.3 Å². The van der Waals surface area contributed by atoms with Gasteiger partial charge in [0.25, 0.3) is 0 Å². The van der Waals surface area contributed by atoms with Crippen LogP contribution in [0.3, 0.4) is 0 Å². The summed E-state index contributed by atoms with van der Waals surface area (Å²) in [4.78, 5) is 0. The zero-order valence-corrected chi connectivity index (χ0v) is 13.0. The minimum Gasteiger partial charge on any atom is -0.497 e. The van der Waals surface area contributed by atoms with Crippen molar-refractivity contribution in [2.75, 3.05) is 39.3 Å². The number of anilines is 1. The summed E-state index contributed by atoms with van der Waals surface area (Å²) < 4.78 is 15.7. The third kappa shape index (κ3) is 5.63. The number of methoxy groups -OCH3 is 2. The summed E-state index contributed by atoms with van der Waals surface area (Å²) in [6.07, 6.45) is 0.912. The van der Waals surface area contributed by atoms with Crippen molar-refractivity contribution in [3.63, 3.8) is 0 Å². The van der Waals surface area contributed by atoms with Gasteiger partial charge in [-0.05, 0) is 37.7 Å². The third-order valence-electron chi connectivity index (χ3n) is 2.61. The molecule has 0 saturated carbocycles. The van der Waals surface area contributed by atoms with Crippen LogP contribution in [-0.4, -0.2) is 39.1 Å². The van der Waals surface area contributed by atoms with E-state index in [4.69, 9.17) is 26.4 Å². The van der Waals surface area contributed by atoms with Crippen LogP contribution in [0, 0.1) is 0 Å². The van der Waals surface area contributed by atoms with E-state index < -0.39 is 0 Å². The number of hydrogen-bond donors (Lipinski definition) is 2. The van der Waals surface area contributed by atoms with Gasteiger partial charge in [0, 0.05) is 25.8 Å². The largest absolute Gasteiger partial charge is 0.497 e. The molecule has 0 amide bonds. The molecule has 0 bridgehead atoms. The van der Waals surface area contributed by atoms with Crippen LogP contribution in [-0.2, 0) is 4.74 Å². The Morgan fingerprint density at radius 1 is 1.25 bits per heavy atom. The second-order valence-electron chi connectivity index (χ2n) is 4.00. The summed E-state index contributed by atoms with van der Waals surface area (Å²) in [6, 6.07) is 5.52. The topological polar surface area (TPSA) is 51.8 Å². The molecule has 0 aliphatic rings. The highest BCUT2D eigenvalue weighted by Crippen LogP contribution is 2.28. The normalized spacial score (nSPS) is 9.95. The predicted octanol–water partition coefficient (Wildman–Crippen LogP) is 2.42. The predicted molar refractivity (Wildman–Crippen MR) is 84.9 cm³/mol. The van der Waals surface area contributed by atoms with Crippen LogP contribution >= 0.6 is 12.2 Å². The molecule has 0 atom stereocenters. The molecule has 1 aromatic carbocycles. The van der Waals surface area contributed by atoms with Crippen molar-refractivity contribution >= 4 is 23.0 Å². The van der Waals surface area contributed by atoms with Crippen molar-refractivity contribution in [2.45, 2.75) is 13.3 Å². The van der Waals surface area contributed by atoms with E-state index in [1.165, 1.54) is 0 Å². The second kappa shape index (κ2) is 9.39. The van der Waals surface area contributed by atoms with Gasteiger partial charge in [0.05, 0.1) is 19.9 Å². The molecule has 6 heteroatoms. The van der Waals surface area contributed by atoms with E-state index >= 15 is 0 Å². The Morgan fingerprint density at radius 3 is 2.70 bits per heavy atom. The first kappa shape index (κ1) is 16.5. The Bertz CT molecular complexity index is 427. The molecule has 20 heavy (non-hydrogen) atoms. The van der Waals surface area contributed by atoms with Gasteiger partial charge in [0.15, 0.2) is 5.11 Å². The first-order valence-corrected chi connectivity index (χ1v) is 6.96. The lowest BCUT2D eigenvalue weighted by Gasteiger charge is -2.14. The van der Waals surface area contributed by atoms with Crippen LogP contribution in [0.4, 0.5) is 5.69 Å². The fourth-order valence-corrected chi connectivity index (χ4v) is 1.80. The minimum atomic E-state index is 0.560. The van der Waals surface area contributed by atoms with E-state index in [1.54, 1.807) is 20.3 Å². The van der Waals surface area contributed by atoms with Gasteiger partial charge in [0.1, 0.15) is 11.5 Å². The van der Waals surface area contributed by atoms with Crippen LogP contribution in [0.5, 0.6) is 11.5 Å². The van der Waals surface area contributed by atoms with Gasteiger partial charge in [0.2, 0.25) is 0 Å². The van der Waals surface area contributed by atoms with E-state index in [0.717, 1.165) is 37.6 Å². The molecule has 0 spiro atoms. The Labute approximate surface area is 125 Å². The number of thiocarbonyl (C=S) groups is 1. The summed E-state index contributed by atoms with van der Waals surface area (Å²) in [5, 5.41) is 6.79. The standard InChI is InChI=1S/C14H22N2O3S/c1-4-19-9-5-8-15-14(20)16-12-7-6-11(17-2)10-13(12)18-3/h6-7,10H,4-5,8-9H2,1-3H3,(H2,15,16,20). The van der Waals surface area contributed by atoms with Crippen LogP contribution in [0.15, 0.2) is 18.2 Å². The van der Waals surface area contributed by atoms with E-state index in [0.29, 0.717) is 10.9 Å². The molecule has 2 N–H and O–H groups in total. The third-order valence-corrected chi connectivity index (χ3v) is 2.86. The number of nitrogens with one attached hydrogen (secondary N) is 2. The smallest absolute Gasteiger partial charge is 0.170 e. The molecule has 5 nitrogen and oxygen atoms in total. The molecular weight excluding hydrogens is 276 g/mol. The fourth-order valence-electron chi connectivity index (χ4n) is 1.59.